The van der Waals surface area contributed by atoms with Gasteiger partial charge in [-0.2, -0.15) is 0 Å². The number of nitrogens with two attached hydrogens (primary N) is 1. The first-order chi connectivity index (χ1) is 7.11. The Kier molecular flexibility index (Phi) is 7.96. The average Bonchev–Trinajstić information content (AvgIpc) is 2.17. The summed E-state index contributed by atoms with van der Waals surface area (Å²) in [5.41, 5.74) is 5.03. The van der Waals surface area contributed by atoms with E-state index in [1.807, 2.05) is 0 Å². The summed E-state index contributed by atoms with van der Waals surface area (Å²) in [7, 11) is 0. The van der Waals surface area contributed by atoms with Gasteiger partial charge in [-0.25, -0.2) is 0 Å². The Morgan fingerprint density at radius 3 is 1.87 bits per heavy atom. The van der Waals surface area contributed by atoms with Gasteiger partial charge >= 0.3 is 0 Å². The molecular formula is C12H23NO2. The Morgan fingerprint density at radius 2 is 1.53 bits per heavy atom. The van der Waals surface area contributed by atoms with Crippen LogP contribution in [0.4, 0.5) is 0 Å². The molecule has 2 N–H and O–H groups in total. The number of Topliss-reactive ketones (excluding diaryl/α,β-unsaturated/α-hetero) is 1. The highest BCUT2D eigenvalue weighted by Gasteiger charge is 2.18. The average molecular weight is 213 g/mol. The van der Waals surface area contributed by atoms with E-state index in [4.69, 9.17) is 5.73 Å². The van der Waals surface area contributed by atoms with Crippen LogP contribution in [0.1, 0.15) is 58.8 Å². The molecule has 3 nitrogen and oxygen atoms in total. The highest BCUT2D eigenvalue weighted by molar-refractivity contribution is 5.98. The number of primary amides is 1. The van der Waals surface area contributed by atoms with Gasteiger partial charge in [-0.1, -0.05) is 39.5 Å². The van der Waals surface area contributed by atoms with Gasteiger partial charge in [-0.05, 0) is 12.8 Å². The number of rotatable bonds is 9. The van der Waals surface area contributed by atoms with Gasteiger partial charge in [0.15, 0.2) is 0 Å². The number of hydrogen-bond acceptors (Lipinski definition) is 2. The predicted molar refractivity (Wildman–Crippen MR) is 61.4 cm³/mol. The topological polar surface area (TPSA) is 60.2 Å². The first-order valence-electron chi connectivity index (χ1n) is 5.92. The molecule has 0 spiro atoms. The molecule has 3 heteroatoms. The third-order valence-electron chi connectivity index (χ3n) is 2.62. The zero-order valence-corrected chi connectivity index (χ0v) is 9.92. The molecule has 0 saturated carbocycles. The van der Waals surface area contributed by atoms with E-state index in [1.54, 1.807) is 0 Å². The molecule has 0 aliphatic rings. The Bertz CT molecular complexity index is 194. The van der Waals surface area contributed by atoms with Crippen molar-refractivity contribution in [3.63, 3.8) is 0 Å². The molecular weight excluding hydrogens is 190 g/mol. The van der Waals surface area contributed by atoms with Crippen LogP contribution >= 0.6 is 0 Å². The number of carbonyl (C=O) groups is 2. The Hall–Kier alpha value is -0.860. The van der Waals surface area contributed by atoms with Gasteiger partial charge in [0.1, 0.15) is 5.78 Å². The summed E-state index contributed by atoms with van der Waals surface area (Å²) in [6.07, 6.45) is 6.01. The Balaban J connectivity index is 4.07. The van der Waals surface area contributed by atoms with Crippen molar-refractivity contribution in [2.24, 2.45) is 11.7 Å². The van der Waals surface area contributed by atoms with Crippen molar-refractivity contribution in [3.8, 4) is 0 Å². The SMILES string of the molecule is CCCCC(CCCC)C(=O)CC(N)=O. The van der Waals surface area contributed by atoms with Crippen molar-refractivity contribution in [1.82, 2.24) is 0 Å². The largest absolute Gasteiger partial charge is 0.369 e. The first-order valence-corrected chi connectivity index (χ1v) is 5.92. The van der Waals surface area contributed by atoms with Crippen LogP contribution in [0.3, 0.4) is 0 Å². The fourth-order valence-corrected chi connectivity index (χ4v) is 1.68. The molecule has 0 aromatic carbocycles. The molecule has 0 aliphatic heterocycles. The Labute approximate surface area is 92.4 Å². The molecule has 0 aromatic rings. The van der Waals surface area contributed by atoms with Crippen LogP contribution in [0.15, 0.2) is 0 Å². The van der Waals surface area contributed by atoms with Gasteiger partial charge in [0, 0.05) is 5.92 Å². The van der Waals surface area contributed by atoms with Crippen LogP contribution in [-0.4, -0.2) is 11.7 Å². The monoisotopic (exact) mass is 213 g/mol. The molecule has 0 unspecified atom stereocenters. The lowest BCUT2D eigenvalue weighted by Gasteiger charge is -2.13. The molecule has 0 radical (unpaired) electrons. The molecule has 0 bridgehead atoms. The van der Waals surface area contributed by atoms with Gasteiger partial charge < -0.3 is 5.73 Å². The van der Waals surface area contributed by atoms with Crippen molar-refractivity contribution in [1.29, 1.82) is 0 Å². The van der Waals surface area contributed by atoms with Crippen molar-refractivity contribution < 1.29 is 9.59 Å². The molecule has 0 fully saturated rings. The van der Waals surface area contributed by atoms with Gasteiger partial charge in [0.2, 0.25) is 5.91 Å². The van der Waals surface area contributed by atoms with Crippen molar-refractivity contribution in [3.05, 3.63) is 0 Å². The maximum Gasteiger partial charge on any atom is 0.224 e. The minimum atomic E-state index is -0.502. The van der Waals surface area contributed by atoms with E-state index in [2.05, 4.69) is 13.8 Å². The second-order valence-electron chi connectivity index (χ2n) is 4.09. The lowest BCUT2D eigenvalue weighted by Crippen LogP contribution is -2.22. The first kappa shape index (κ1) is 14.1. The molecule has 0 heterocycles. The molecule has 0 atom stereocenters. The highest BCUT2D eigenvalue weighted by atomic mass is 16.2. The summed E-state index contributed by atoms with van der Waals surface area (Å²) in [6.45, 7) is 4.21. The van der Waals surface area contributed by atoms with E-state index in [-0.39, 0.29) is 18.1 Å². The molecule has 15 heavy (non-hydrogen) atoms. The van der Waals surface area contributed by atoms with Crippen LogP contribution in [0, 0.1) is 5.92 Å². The maximum absolute atomic E-state index is 11.7. The molecule has 0 saturated heterocycles. The van der Waals surface area contributed by atoms with E-state index in [0.29, 0.717) is 0 Å². The van der Waals surface area contributed by atoms with E-state index >= 15 is 0 Å². The second-order valence-corrected chi connectivity index (χ2v) is 4.09. The zero-order chi connectivity index (χ0) is 11.7. The molecule has 0 aromatic heterocycles. The molecule has 0 rings (SSSR count). The summed E-state index contributed by atoms with van der Waals surface area (Å²) >= 11 is 0. The normalized spacial score (nSPS) is 10.6. The molecule has 1 amide bonds. The fourth-order valence-electron chi connectivity index (χ4n) is 1.68. The third kappa shape index (κ3) is 7.11. The number of amides is 1. The summed E-state index contributed by atoms with van der Waals surface area (Å²) in [6, 6.07) is 0. The number of ketones is 1. The van der Waals surface area contributed by atoms with E-state index in [9.17, 15) is 9.59 Å². The quantitative estimate of drug-likeness (QED) is 0.598. The lowest BCUT2D eigenvalue weighted by atomic mass is 9.90. The van der Waals surface area contributed by atoms with Gasteiger partial charge in [0.25, 0.3) is 0 Å². The van der Waals surface area contributed by atoms with Crippen LogP contribution < -0.4 is 5.73 Å². The van der Waals surface area contributed by atoms with E-state index in [0.717, 1.165) is 38.5 Å². The fraction of sp³-hybridized carbons (Fsp3) is 0.833. The van der Waals surface area contributed by atoms with E-state index < -0.39 is 5.91 Å². The number of hydrogen-bond donors (Lipinski definition) is 1. The third-order valence-corrected chi connectivity index (χ3v) is 2.62. The smallest absolute Gasteiger partial charge is 0.224 e. The van der Waals surface area contributed by atoms with Crippen LogP contribution in [0.5, 0.6) is 0 Å². The van der Waals surface area contributed by atoms with Crippen LogP contribution in [-0.2, 0) is 9.59 Å². The minimum Gasteiger partial charge on any atom is -0.369 e. The summed E-state index contributed by atoms with van der Waals surface area (Å²) in [5, 5.41) is 0. The Morgan fingerprint density at radius 1 is 1.07 bits per heavy atom. The van der Waals surface area contributed by atoms with E-state index in [1.165, 1.54) is 0 Å². The number of carbonyl (C=O) groups excluding carboxylic acids is 2. The molecule has 0 aliphatic carbocycles. The minimum absolute atomic E-state index is 0.0319. The van der Waals surface area contributed by atoms with Crippen molar-refractivity contribution in [2.75, 3.05) is 0 Å². The standard InChI is InChI=1S/C12H23NO2/c1-3-5-7-10(8-6-4-2)11(14)9-12(13)15/h10H,3-9H2,1-2H3,(H2,13,15). The summed E-state index contributed by atoms with van der Waals surface area (Å²) in [4.78, 5) is 22.3. The molecule has 88 valence electrons. The van der Waals surface area contributed by atoms with Gasteiger partial charge in [0.05, 0.1) is 6.42 Å². The van der Waals surface area contributed by atoms with Crippen molar-refractivity contribution in [2.45, 2.75) is 58.8 Å². The lowest BCUT2D eigenvalue weighted by molar-refractivity contribution is -0.129. The summed E-state index contributed by atoms with van der Waals surface area (Å²) in [5.74, 6) is -0.417. The van der Waals surface area contributed by atoms with Crippen molar-refractivity contribution >= 4 is 11.7 Å². The van der Waals surface area contributed by atoms with Crippen LogP contribution in [0.25, 0.3) is 0 Å². The summed E-state index contributed by atoms with van der Waals surface area (Å²) < 4.78 is 0. The van der Waals surface area contributed by atoms with Gasteiger partial charge in [-0.3, -0.25) is 9.59 Å². The predicted octanol–water partition coefficient (Wildman–Crippen LogP) is 2.43. The second kappa shape index (κ2) is 8.45. The van der Waals surface area contributed by atoms with Gasteiger partial charge in [-0.15, -0.1) is 0 Å². The maximum atomic E-state index is 11.7. The van der Waals surface area contributed by atoms with Crippen LogP contribution in [0.2, 0.25) is 0 Å². The number of unbranched alkanes of at least 4 members (excludes halogenated alkanes) is 2. The highest BCUT2D eigenvalue weighted by Crippen LogP contribution is 2.18. The zero-order valence-electron chi connectivity index (χ0n) is 9.92.